The minimum absolute atomic E-state index is 0.0321. The van der Waals surface area contributed by atoms with Crippen molar-refractivity contribution in [1.82, 2.24) is 4.90 Å². The lowest BCUT2D eigenvalue weighted by atomic mass is 10.0. The summed E-state index contributed by atoms with van der Waals surface area (Å²) in [4.78, 5) is 13.6. The smallest absolute Gasteiger partial charge is 0.224 e. The average Bonchev–Trinajstić information content (AvgIpc) is 2.59. The van der Waals surface area contributed by atoms with Crippen LogP contribution in [0.2, 0.25) is 5.02 Å². The molecular weight excluding hydrogens is 255 g/mol. The van der Waals surface area contributed by atoms with E-state index in [4.69, 9.17) is 17.3 Å². The standard InChI is InChI=1S/C13H16ClFN2O/c1-2-5-17-12(18)7-11(16)13(17)8-3-4-9(14)10(15)6-8/h3-4,6,11,13H,2,5,7,16H2,1H3/t11-,13+/m0/s1. The first-order chi connectivity index (χ1) is 8.54. The number of amides is 1. The Morgan fingerprint density at radius 1 is 1.56 bits per heavy atom. The molecule has 0 saturated carbocycles. The number of rotatable bonds is 3. The van der Waals surface area contributed by atoms with Gasteiger partial charge in [0.15, 0.2) is 0 Å². The number of hydrogen-bond donors (Lipinski definition) is 1. The molecule has 18 heavy (non-hydrogen) atoms. The third-order valence-electron chi connectivity index (χ3n) is 3.22. The van der Waals surface area contributed by atoms with Gasteiger partial charge in [0.05, 0.1) is 11.1 Å². The zero-order valence-electron chi connectivity index (χ0n) is 10.2. The Hall–Kier alpha value is -1.13. The van der Waals surface area contributed by atoms with Gasteiger partial charge in [-0.3, -0.25) is 4.79 Å². The molecule has 0 spiro atoms. The summed E-state index contributed by atoms with van der Waals surface area (Å²) < 4.78 is 13.5. The SMILES string of the molecule is CCCN1C(=O)C[C@H](N)[C@H]1c1ccc(Cl)c(F)c1. The maximum absolute atomic E-state index is 13.5. The van der Waals surface area contributed by atoms with E-state index in [2.05, 4.69) is 0 Å². The molecule has 0 radical (unpaired) electrons. The van der Waals surface area contributed by atoms with E-state index in [9.17, 15) is 9.18 Å². The van der Waals surface area contributed by atoms with Crippen molar-refractivity contribution in [3.63, 3.8) is 0 Å². The number of halogens is 2. The first-order valence-corrected chi connectivity index (χ1v) is 6.42. The molecule has 1 aliphatic heterocycles. The van der Waals surface area contributed by atoms with Gasteiger partial charge in [0.25, 0.3) is 0 Å². The van der Waals surface area contributed by atoms with Gasteiger partial charge in [-0.2, -0.15) is 0 Å². The molecule has 98 valence electrons. The third kappa shape index (κ3) is 2.35. The van der Waals surface area contributed by atoms with Gasteiger partial charge in [-0.1, -0.05) is 24.6 Å². The molecule has 1 aromatic carbocycles. The van der Waals surface area contributed by atoms with Gasteiger partial charge >= 0.3 is 0 Å². The van der Waals surface area contributed by atoms with Gasteiger partial charge in [-0.15, -0.1) is 0 Å². The number of benzene rings is 1. The zero-order valence-corrected chi connectivity index (χ0v) is 11.0. The van der Waals surface area contributed by atoms with Crippen molar-refractivity contribution in [3.05, 3.63) is 34.6 Å². The molecule has 0 bridgehead atoms. The van der Waals surface area contributed by atoms with E-state index in [1.807, 2.05) is 6.92 Å². The fourth-order valence-corrected chi connectivity index (χ4v) is 2.56. The van der Waals surface area contributed by atoms with Crippen LogP contribution < -0.4 is 5.73 Å². The highest BCUT2D eigenvalue weighted by atomic mass is 35.5. The summed E-state index contributed by atoms with van der Waals surface area (Å²) in [5, 5.41) is 0.0821. The number of likely N-dealkylation sites (tertiary alicyclic amines) is 1. The first-order valence-electron chi connectivity index (χ1n) is 6.04. The molecular formula is C13H16ClFN2O. The number of carbonyl (C=O) groups excluding carboxylic acids is 1. The van der Waals surface area contributed by atoms with Crippen LogP contribution in [-0.4, -0.2) is 23.4 Å². The van der Waals surface area contributed by atoms with Crippen LogP contribution in [0.4, 0.5) is 4.39 Å². The summed E-state index contributed by atoms with van der Waals surface area (Å²) in [6, 6.07) is 4.07. The van der Waals surface area contributed by atoms with Crippen LogP contribution in [0.25, 0.3) is 0 Å². The largest absolute Gasteiger partial charge is 0.334 e. The average molecular weight is 271 g/mol. The van der Waals surface area contributed by atoms with Crippen LogP contribution in [0.5, 0.6) is 0 Å². The normalized spacial score (nSPS) is 23.8. The highest BCUT2D eigenvalue weighted by Gasteiger charge is 2.38. The van der Waals surface area contributed by atoms with Crippen LogP contribution in [0.15, 0.2) is 18.2 Å². The number of hydrogen-bond acceptors (Lipinski definition) is 2. The van der Waals surface area contributed by atoms with Crippen molar-refractivity contribution in [1.29, 1.82) is 0 Å². The molecule has 0 aromatic heterocycles. The molecule has 0 unspecified atom stereocenters. The maximum atomic E-state index is 13.5. The first kappa shape index (κ1) is 13.3. The van der Waals surface area contributed by atoms with Crippen molar-refractivity contribution in [2.45, 2.75) is 31.8 Å². The predicted molar refractivity (Wildman–Crippen MR) is 68.7 cm³/mol. The molecule has 2 rings (SSSR count). The number of nitrogens with zero attached hydrogens (tertiary/aromatic N) is 1. The second-order valence-corrected chi connectivity index (χ2v) is 4.98. The highest BCUT2D eigenvalue weighted by Crippen LogP contribution is 2.33. The molecule has 1 heterocycles. The van der Waals surface area contributed by atoms with E-state index >= 15 is 0 Å². The summed E-state index contributed by atoms with van der Waals surface area (Å²) in [5.41, 5.74) is 6.70. The molecule has 5 heteroatoms. The van der Waals surface area contributed by atoms with Crippen LogP contribution in [0.3, 0.4) is 0 Å². The third-order valence-corrected chi connectivity index (χ3v) is 3.53. The Morgan fingerprint density at radius 3 is 2.89 bits per heavy atom. The summed E-state index contributed by atoms with van der Waals surface area (Å²) in [6.07, 6.45) is 1.17. The van der Waals surface area contributed by atoms with Crippen LogP contribution in [0.1, 0.15) is 31.4 Å². The summed E-state index contributed by atoms with van der Waals surface area (Å²) >= 11 is 5.66. The van der Waals surface area contributed by atoms with Gasteiger partial charge in [0, 0.05) is 19.0 Å². The fourth-order valence-electron chi connectivity index (χ4n) is 2.44. The van der Waals surface area contributed by atoms with Gasteiger partial charge in [0.2, 0.25) is 5.91 Å². The molecule has 1 saturated heterocycles. The van der Waals surface area contributed by atoms with Crippen LogP contribution in [0, 0.1) is 5.82 Å². The molecule has 0 aliphatic carbocycles. The van der Waals surface area contributed by atoms with Gasteiger partial charge < -0.3 is 10.6 Å². The lowest BCUT2D eigenvalue weighted by Crippen LogP contribution is -2.33. The van der Waals surface area contributed by atoms with Crippen LogP contribution >= 0.6 is 11.6 Å². The van der Waals surface area contributed by atoms with E-state index in [1.165, 1.54) is 12.1 Å². The molecule has 1 fully saturated rings. The topological polar surface area (TPSA) is 46.3 Å². The Morgan fingerprint density at radius 2 is 2.28 bits per heavy atom. The van der Waals surface area contributed by atoms with Crippen LogP contribution in [-0.2, 0) is 4.79 Å². The van der Waals surface area contributed by atoms with Gasteiger partial charge in [-0.05, 0) is 24.1 Å². The highest BCUT2D eigenvalue weighted by molar-refractivity contribution is 6.30. The van der Waals surface area contributed by atoms with Gasteiger partial charge in [-0.25, -0.2) is 4.39 Å². The monoisotopic (exact) mass is 270 g/mol. The Bertz CT molecular complexity index is 466. The Kier molecular flexibility index (Phi) is 3.88. The molecule has 1 aromatic rings. The van der Waals surface area contributed by atoms with Crippen molar-refractivity contribution in [2.75, 3.05) is 6.54 Å². The Balaban J connectivity index is 2.34. The van der Waals surface area contributed by atoms with Gasteiger partial charge in [0.1, 0.15) is 5.82 Å². The molecule has 3 nitrogen and oxygen atoms in total. The molecule has 2 N–H and O–H groups in total. The minimum Gasteiger partial charge on any atom is -0.334 e. The van der Waals surface area contributed by atoms with Crippen molar-refractivity contribution < 1.29 is 9.18 Å². The van der Waals surface area contributed by atoms with Crippen molar-refractivity contribution in [2.24, 2.45) is 5.73 Å². The second-order valence-electron chi connectivity index (χ2n) is 4.57. The van der Waals surface area contributed by atoms with Crippen molar-refractivity contribution in [3.8, 4) is 0 Å². The molecule has 2 atom stereocenters. The lowest BCUT2D eigenvalue weighted by molar-refractivity contribution is -0.129. The number of nitrogens with two attached hydrogens (primary N) is 1. The maximum Gasteiger partial charge on any atom is 0.224 e. The van der Waals surface area contributed by atoms with E-state index in [1.54, 1.807) is 11.0 Å². The van der Waals surface area contributed by atoms with E-state index in [-0.39, 0.29) is 23.0 Å². The predicted octanol–water partition coefficient (Wildman–Crippen LogP) is 2.49. The second kappa shape index (κ2) is 5.24. The fraction of sp³-hybridized carbons (Fsp3) is 0.462. The quantitative estimate of drug-likeness (QED) is 0.917. The lowest BCUT2D eigenvalue weighted by Gasteiger charge is -2.27. The summed E-state index contributed by atoms with van der Waals surface area (Å²) in [5.74, 6) is -0.443. The minimum atomic E-state index is -0.475. The van der Waals surface area contributed by atoms with Crippen molar-refractivity contribution >= 4 is 17.5 Å². The summed E-state index contributed by atoms with van der Waals surface area (Å²) in [7, 11) is 0. The zero-order chi connectivity index (χ0) is 13.3. The van der Waals surface area contributed by atoms with E-state index in [0.717, 1.165) is 6.42 Å². The Labute approximate surface area is 111 Å². The number of carbonyl (C=O) groups is 1. The summed E-state index contributed by atoms with van der Waals surface area (Å²) in [6.45, 7) is 2.64. The molecule has 1 amide bonds. The molecule has 1 aliphatic rings. The van der Waals surface area contributed by atoms with E-state index < -0.39 is 5.82 Å². The van der Waals surface area contributed by atoms with E-state index in [0.29, 0.717) is 18.5 Å².